The molecule has 0 aromatic heterocycles. The molecule has 0 radical (unpaired) electrons. The fraction of sp³-hybridized carbons (Fsp3) is 0.700. The first-order chi connectivity index (χ1) is 5.36. The van der Waals surface area contributed by atoms with E-state index in [0.717, 1.165) is 18.8 Å². The van der Waals surface area contributed by atoms with Gasteiger partial charge < -0.3 is 0 Å². The molecular weight excluding hydrogens is 136 g/mol. The van der Waals surface area contributed by atoms with E-state index in [-0.39, 0.29) is 0 Å². The summed E-state index contributed by atoms with van der Waals surface area (Å²) >= 11 is 0. The molecule has 2 rings (SSSR count). The van der Waals surface area contributed by atoms with Crippen molar-refractivity contribution in [2.75, 3.05) is 0 Å². The molecule has 1 saturated carbocycles. The largest absolute Gasteiger partial charge is 0.295 e. The van der Waals surface area contributed by atoms with Crippen LogP contribution in [0.4, 0.5) is 0 Å². The van der Waals surface area contributed by atoms with Crippen molar-refractivity contribution in [1.82, 2.24) is 0 Å². The second-order valence-electron chi connectivity index (χ2n) is 3.67. The molecule has 0 spiro atoms. The van der Waals surface area contributed by atoms with E-state index < -0.39 is 0 Å². The minimum atomic E-state index is 0.359. The normalized spacial score (nSPS) is 26.2. The Morgan fingerprint density at radius 2 is 2.00 bits per heavy atom. The average molecular weight is 150 g/mol. The lowest BCUT2D eigenvalue weighted by atomic mass is 9.76. The van der Waals surface area contributed by atoms with Gasteiger partial charge >= 0.3 is 0 Å². The molecule has 1 nitrogen and oxygen atoms in total. The molecule has 0 aromatic rings. The van der Waals surface area contributed by atoms with Crippen LogP contribution < -0.4 is 0 Å². The molecule has 2 aliphatic carbocycles. The quantitative estimate of drug-likeness (QED) is 0.561. The van der Waals surface area contributed by atoms with Gasteiger partial charge in [0.25, 0.3) is 0 Å². The van der Waals surface area contributed by atoms with E-state index in [2.05, 4.69) is 0 Å². The van der Waals surface area contributed by atoms with Crippen LogP contribution in [0.5, 0.6) is 0 Å². The van der Waals surface area contributed by atoms with Gasteiger partial charge in [-0.3, -0.25) is 4.79 Å². The minimum Gasteiger partial charge on any atom is -0.295 e. The summed E-state index contributed by atoms with van der Waals surface area (Å²) in [6.07, 6.45) is 9.02. The zero-order valence-electron chi connectivity index (χ0n) is 6.81. The second-order valence-corrected chi connectivity index (χ2v) is 3.67. The summed E-state index contributed by atoms with van der Waals surface area (Å²) in [5.41, 5.74) is 1.45. The lowest BCUT2D eigenvalue weighted by molar-refractivity contribution is -0.115. The van der Waals surface area contributed by atoms with E-state index >= 15 is 0 Å². The van der Waals surface area contributed by atoms with Crippen molar-refractivity contribution >= 4 is 5.78 Å². The number of carbonyl (C=O) groups is 1. The van der Waals surface area contributed by atoms with Crippen LogP contribution in [0.25, 0.3) is 0 Å². The third kappa shape index (κ3) is 1.37. The lowest BCUT2D eigenvalue weighted by Gasteiger charge is -2.29. The van der Waals surface area contributed by atoms with Crippen LogP contribution in [0.2, 0.25) is 0 Å². The standard InChI is InChI=1S/C10H14O/c11-10-6-2-5-9(7-10)8-3-1-4-8/h7-8H,1-6H2. The number of hydrogen-bond donors (Lipinski definition) is 0. The van der Waals surface area contributed by atoms with E-state index in [1.54, 1.807) is 0 Å². The third-order valence-electron chi connectivity index (χ3n) is 2.86. The van der Waals surface area contributed by atoms with Crippen molar-refractivity contribution < 1.29 is 4.79 Å². The van der Waals surface area contributed by atoms with Gasteiger partial charge in [-0.05, 0) is 37.7 Å². The summed E-state index contributed by atoms with van der Waals surface area (Å²) in [4.78, 5) is 11.0. The fourth-order valence-electron chi connectivity index (χ4n) is 1.92. The minimum absolute atomic E-state index is 0.359. The SMILES string of the molecule is O=C1C=C(C2CCC2)CCC1. The van der Waals surface area contributed by atoms with Crippen molar-refractivity contribution in [3.8, 4) is 0 Å². The van der Waals surface area contributed by atoms with Gasteiger partial charge in [0.1, 0.15) is 0 Å². The Balaban J connectivity index is 2.05. The van der Waals surface area contributed by atoms with Gasteiger partial charge in [-0.15, -0.1) is 0 Å². The Morgan fingerprint density at radius 3 is 2.55 bits per heavy atom. The summed E-state index contributed by atoms with van der Waals surface area (Å²) in [6.45, 7) is 0. The molecule has 1 heteroatoms. The van der Waals surface area contributed by atoms with Crippen molar-refractivity contribution in [3.05, 3.63) is 11.6 Å². The van der Waals surface area contributed by atoms with Crippen LogP contribution in [-0.2, 0) is 4.79 Å². The molecule has 0 unspecified atom stereocenters. The zero-order valence-corrected chi connectivity index (χ0v) is 6.81. The van der Waals surface area contributed by atoms with Gasteiger partial charge in [-0.2, -0.15) is 0 Å². The number of ketones is 1. The molecule has 1 fully saturated rings. The molecule has 0 amide bonds. The molecule has 0 aliphatic heterocycles. The zero-order chi connectivity index (χ0) is 7.68. The Morgan fingerprint density at radius 1 is 1.18 bits per heavy atom. The Bertz CT molecular complexity index is 199. The molecule has 0 heterocycles. The summed E-state index contributed by atoms with van der Waals surface area (Å²) < 4.78 is 0. The van der Waals surface area contributed by atoms with Crippen molar-refractivity contribution in [2.45, 2.75) is 38.5 Å². The van der Waals surface area contributed by atoms with Crippen LogP contribution in [0.1, 0.15) is 38.5 Å². The highest BCUT2D eigenvalue weighted by molar-refractivity contribution is 5.91. The van der Waals surface area contributed by atoms with Crippen LogP contribution in [0.3, 0.4) is 0 Å². The number of rotatable bonds is 1. The van der Waals surface area contributed by atoms with Gasteiger partial charge in [0.2, 0.25) is 0 Å². The summed E-state index contributed by atoms with van der Waals surface area (Å²) in [5.74, 6) is 1.15. The topological polar surface area (TPSA) is 17.1 Å². The molecule has 0 N–H and O–H groups in total. The van der Waals surface area contributed by atoms with Crippen LogP contribution >= 0.6 is 0 Å². The van der Waals surface area contributed by atoms with Crippen molar-refractivity contribution in [1.29, 1.82) is 0 Å². The van der Waals surface area contributed by atoms with E-state index in [4.69, 9.17) is 0 Å². The Hall–Kier alpha value is -0.590. The molecule has 0 aromatic carbocycles. The maximum atomic E-state index is 11.0. The number of hydrogen-bond acceptors (Lipinski definition) is 1. The molecule has 0 atom stereocenters. The highest BCUT2D eigenvalue weighted by Gasteiger charge is 2.23. The van der Waals surface area contributed by atoms with Gasteiger partial charge in [0.05, 0.1) is 0 Å². The summed E-state index contributed by atoms with van der Waals surface area (Å²) in [6, 6.07) is 0. The maximum Gasteiger partial charge on any atom is 0.155 e. The monoisotopic (exact) mass is 150 g/mol. The van der Waals surface area contributed by atoms with Crippen LogP contribution in [0, 0.1) is 5.92 Å². The van der Waals surface area contributed by atoms with Crippen LogP contribution in [-0.4, -0.2) is 5.78 Å². The van der Waals surface area contributed by atoms with Crippen molar-refractivity contribution in [2.24, 2.45) is 5.92 Å². The first-order valence-electron chi connectivity index (χ1n) is 4.59. The summed E-state index contributed by atoms with van der Waals surface area (Å²) in [5, 5.41) is 0. The van der Waals surface area contributed by atoms with Gasteiger partial charge in [-0.25, -0.2) is 0 Å². The lowest BCUT2D eigenvalue weighted by Crippen LogP contribution is -2.17. The average Bonchev–Trinajstić information content (AvgIpc) is 1.83. The van der Waals surface area contributed by atoms with Gasteiger partial charge in [-0.1, -0.05) is 12.0 Å². The molecule has 0 saturated heterocycles. The molecule has 2 aliphatic rings. The Kier molecular flexibility index (Phi) is 1.80. The third-order valence-corrected chi connectivity index (χ3v) is 2.86. The second kappa shape index (κ2) is 2.80. The highest BCUT2D eigenvalue weighted by Crippen LogP contribution is 2.36. The molecule has 0 bridgehead atoms. The predicted octanol–water partition coefficient (Wildman–Crippen LogP) is 2.47. The first kappa shape index (κ1) is 7.08. The van der Waals surface area contributed by atoms with E-state index in [0.29, 0.717) is 5.78 Å². The molecular formula is C10H14O. The van der Waals surface area contributed by atoms with Gasteiger partial charge in [0, 0.05) is 6.42 Å². The fourth-order valence-corrected chi connectivity index (χ4v) is 1.92. The molecule has 60 valence electrons. The molecule has 11 heavy (non-hydrogen) atoms. The van der Waals surface area contributed by atoms with E-state index in [1.165, 1.54) is 31.3 Å². The van der Waals surface area contributed by atoms with E-state index in [9.17, 15) is 4.79 Å². The van der Waals surface area contributed by atoms with Crippen molar-refractivity contribution in [3.63, 3.8) is 0 Å². The van der Waals surface area contributed by atoms with E-state index in [1.807, 2.05) is 6.08 Å². The number of carbonyl (C=O) groups excluding carboxylic acids is 1. The predicted molar refractivity (Wildman–Crippen MR) is 44.3 cm³/mol. The van der Waals surface area contributed by atoms with Crippen LogP contribution in [0.15, 0.2) is 11.6 Å². The maximum absolute atomic E-state index is 11.0. The first-order valence-corrected chi connectivity index (χ1v) is 4.59. The number of allylic oxidation sites excluding steroid dienone is 2. The summed E-state index contributed by atoms with van der Waals surface area (Å²) in [7, 11) is 0. The smallest absolute Gasteiger partial charge is 0.155 e. The highest BCUT2D eigenvalue weighted by atomic mass is 16.1. The van der Waals surface area contributed by atoms with Gasteiger partial charge in [0.15, 0.2) is 5.78 Å². The Labute approximate surface area is 67.5 Å².